The average molecular weight is 608 g/mol. The van der Waals surface area contributed by atoms with Crippen molar-refractivity contribution < 1.29 is 38.2 Å². The maximum absolute atomic E-state index is 13.3. The van der Waals surface area contributed by atoms with Crippen LogP contribution in [0.15, 0.2) is 116 Å². The van der Waals surface area contributed by atoms with Crippen molar-refractivity contribution in [2.24, 2.45) is 0 Å². The van der Waals surface area contributed by atoms with Gasteiger partial charge in [-0.15, -0.1) is 0 Å². The van der Waals surface area contributed by atoms with Crippen molar-refractivity contribution >= 4 is 28.7 Å². The Bertz CT molecular complexity index is 1870. The Labute approximate surface area is 255 Å². The number of carbonyl (C=O) groups excluding carboxylic acids is 2. The highest BCUT2D eigenvalue weighted by Crippen LogP contribution is 2.47. The maximum Gasteiger partial charge on any atom is 0.338 e. The monoisotopic (exact) mass is 607 g/mol. The van der Waals surface area contributed by atoms with Crippen LogP contribution >= 0.6 is 0 Å². The number of nitrogens with zero attached hydrogens (tertiary/aromatic N) is 3. The van der Waals surface area contributed by atoms with Crippen molar-refractivity contribution in [1.29, 1.82) is 0 Å². The number of esters is 2. The first-order chi connectivity index (χ1) is 21.9. The molecule has 2 fully saturated rings. The lowest BCUT2D eigenvalue weighted by Crippen LogP contribution is -2.43. The number of ether oxygens (including phenoxy) is 5. The van der Waals surface area contributed by atoms with Gasteiger partial charge in [0.15, 0.2) is 24.1 Å². The molecule has 226 valence electrons. The Hall–Kier alpha value is -5.43. The van der Waals surface area contributed by atoms with Crippen LogP contribution in [0, 0.1) is 10.1 Å². The minimum Gasteiger partial charge on any atom is -0.459 e. The van der Waals surface area contributed by atoms with E-state index >= 15 is 0 Å². The summed E-state index contributed by atoms with van der Waals surface area (Å²) < 4.78 is 32.5. The zero-order chi connectivity index (χ0) is 31.0. The summed E-state index contributed by atoms with van der Waals surface area (Å²) in [6, 6.07) is 28.7. The van der Waals surface area contributed by atoms with Crippen molar-refractivity contribution in [3.8, 4) is 0 Å². The van der Waals surface area contributed by atoms with Gasteiger partial charge in [0.25, 0.3) is 11.6 Å². The largest absolute Gasteiger partial charge is 0.459 e. The number of fused-ring (bicyclic) bond motifs is 2. The van der Waals surface area contributed by atoms with Gasteiger partial charge in [-0.3, -0.25) is 19.4 Å². The molecule has 0 bridgehead atoms. The van der Waals surface area contributed by atoms with E-state index in [2.05, 4.69) is 4.98 Å². The van der Waals surface area contributed by atoms with Crippen LogP contribution in [0.2, 0.25) is 0 Å². The molecular formula is C33H25N3O9. The summed E-state index contributed by atoms with van der Waals surface area (Å²) in [5.74, 6) is -2.91. The Morgan fingerprint density at radius 1 is 0.867 bits per heavy atom. The smallest absolute Gasteiger partial charge is 0.338 e. The lowest BCUT2D eigenvalue weighted by Gasteiger charge is -2.32. The van der Waals surface area contributed by atoms with Crippen LogP contribution in [0.4, 0.5) is 5.69 Å². The molecule has 7 rings (SSSR count). The van der Waals surface area contributed by atoms with Crippen molar-refractivity contribution in [2.45, 2.75) is 30.5 Å². The zero-order valence-electron chi connectivity index (χ0n) is 23.5. The normalized spacial score (nSPS) is 23.8. The molecule has 0 spiro atoms. The highest BCUT2D eigenvalue weighted by molar-refractivity contribution is 5.90. The van der Waals surface area contributed by atoms with Crippen LogP contribution in [0.1, 0.15) is 26.3 Å². The molecule has 0 aliphatic carbocycles. The zero-order valence-corrected chi connectivity index (χ0v) is 23.5. The van der Waals surface area contributed by atoms with Crippen molar-refractivity contribution in [3.63, 3.8) is 0 Å². The number of benzene rings is 3. The third-order valence-electron chi connectivity index (χ3n) is 7.70. The molecule has 5 atom stereocenters. The van der Waals surface area contributed by atoms with Crippen LogP contribution in [0.5, 0.6) is 0 Å². The fourth-order valence-electron chi connectivity index (χ4n) is 5.60. The first-order valence-corrected chi connectivity index (χ1v) is 14.1. The summed E-state index contributed by atoms with van der Waals surface area (Å²) in [5, 5.41) is 12.0. The number of carbonyl (C=O) groups is 2. The maximum atomic E-state index is 13.3. The first kappa shape index (κ1) is 28.3. The summed E-state index contributed by atoms with van der Waals surface area (Å²) in [6.07, 6.45) is -1.16. The lowest BCUT2D eigenvalue weighted by atomic mass is 10.1. The molecular weight excluding hydrogens is 582 g/mol. The summed E-state index contributed by atoms with van der Waals surface area (Å²) in [4.78, 5) is 41.7. The molecule has 2 saturated heterocycles. The molecule has 3 aromatic carbocycles. The second-order valence-electron chi connectivity index (χ2n) is 10.4. The highest BCUT2D eigenvalue weighted by atomic mass is 16.9. The second-order valence-corrected chi connectivity index (χ2v) is 10.4. The topological polar surface area (TPSA) is 141 Å². The molecule has 0 saturated carbocycles. The molecule has 0 N–H and O–H groups in total. The minimum absolute atomic E-state index is 0.133. The van der Waals surface area contributed by atoms with Gasteiger partial charge in [-0.2, -0.15) is 0 Å². The summed E-state index contributed by atoms with van der Waals surface area (Å²) >= 11 is 0. The van der Waals surface area contributed by atoms with Gasteiger partial charge in [0.1, 0.15) is 12.7 Å². The van der Waals surface area contributed by atoms with Gasteiger partial charge in [-0.25, -0.2) is 14.6 Å². The molecule has 2 aromatic heterocycles. The third-order valence-corrected chi connectivity index (χ3v) is 7.70. The Morgan fingerprint density at radius 2 is 1.51 bits per heavy atom. The van der Waals surface area contributed by atoms with Crippen molar-refractivity contribution in [3.05, 3.63) is 142 Å². The molecule has 45 heavy (non-hydrogen) atoms. The average Bonchev–Trinajstić information content (AvgIpc) is 3.77. The number of rotatable bonds is 8. The van der Waals surface area contributed by atoms with Gasteiger partial charge in [0.05, 0.1) is 21.4 Å². The minimum atomic E-state index is -1.70. The van der Waals surface area contributed by atoms with Crippen molar-refractivity contribution in [1.82, 2.24) is 9.55 Å². The van der Waals surface area contributed by atoms with Crippen LogP contribution in [-0.4, -0.2) is 57.6 Å². The predicted octanol–water partition coefficient (Wildman–Crippen LogP) is 4.83. The van der Waals surface area contributed by atoms with E-state index in [0.717, 1.165) is 0 Å². The number of nitro groups is 1. The molecule has 5 aromatic rings. The summed E-state index contributed by atoms with van der Waals surface area (Å²) in [6.45, 7) is -0.251. The first-order valence-electron chi connectivity index (χ1n) is 14.1. The van der Waals surface area contributed by atoms with E-state index < -0.39 is 47.4 Å². The second kappa shape index (κ2) is 11.6. The quantitative estimate of drug-likeness (QED) is 0.137. The van der Waals surface area contributed by atoms with Crippen LogP contribution < -0.4 is 0 Å². The van der Waals surface area contributed by atoms with Crippen LogP contribution in [-0.2, 0) is 29.6 Å². The van der Waals surface area contributed by atoms with E-state index in [-0.39, 0.29) is 23.3 Å². The van der Waals surface area contributed by atoms with E-state index in [1.807, 2.05) is 6.07 Å². The van der Waals surface area contributed by atoms with E-state index in [1.54, 1.807) is 102 Å². The Balaban J connectivity index is 1.25. The van der Waals surface area contributed by atoms with Gasteiger partial charge < -0.3 is 18.9 Å². The fraction of sp³-hybridized carbons (Fsp3) is 0.182. The molecule has 0 radical (unpaired) electrons. The molecule has 12 heteroatoms. The molecule has 12 nitrogen and oxygen atoms in total. The Kier molecular flexibility index (Phi) is 7.29. The standard InChI is InChI=1S/C33H25N3O9/c37-30(21-10-4-1-5-11-21)41-20-26-27(43-31(38)22-12-6-2-7-13-22)28-32(42-26)45-33(44-28,23-14-8-3-9-15-23)35-19-17-24-25(36(39)40)16-18-34-29(24)35/h1-19,26-28,32H,20H2. The van der Waals surface area contributed by atoms with Gasteiger partial charge >= 0.3 is 11.9 Å². The molecule has 2 aliphatic rings. The molecule has 5 unspecified atom stereocenters. The van der Waals surface area contributed by atoms with E-state index in [4.69, 9.17) is 23.7 Å². The number of aromatic nitrogens is 2. The third kappa shape index (κ3) is 5.10. The number of hydrogen-bond donors (Lipinski definition) is 0. The molecule has 4 heterocycles. The highest BCUT2D eigenvalue weighted by Gasteiger charge is 2.61. The van der Waals surface area contributed by atoms with Gasteiger partial charge in [-0.05, 0) is 30.3 Å². The van der Waals surface area contributed by atoms with Crippen LogP contribution in [0.25, 0.3) is 11.0 Å². The van der Waals surface area contributed by atoms with Crippen LogP contribution in [0.3, 0.4) is 0 Å². The SMILES string of the molecule is O=C(OCC1OC2OC(c3ccccc3)(n3ccc4c([N+](=O)[O-])ccnc43)OC2C1OC(=O)c1ccccc1)c1ccccc1. The van der Waals surface area contributed by atoms with Crippen molar-refractivity contribution in [2.75, 3.05) is 6.61 Å². The van der Waals surface area contributed by atoms with Gasteiger partial charge in [0.2, 0.25) is 0 Å². The summed E-state index contributed by atoms with van der Waals surface area (Å²) in [7, 11) is 0. The molecule has 0 amide bonds. The van der Waals surface area contributed by atoms with E-state index in [9.17, 15) is 19.7 Å². The number of pyridine rings is 1. The fourth-order valence-corrected chi connectivity index (χ4v) is 5.60. The lowest BCUT2D eigenvalue weighted by molar-refractivity contribution is -0.383. The van der Waals surface area contributed by atoms with Gasteiger partial charge in [-0.1, -0.05) is 66.7 Å². The number of hydrogen-bond acceptors (Lipinski definition) is 10. The van der Waals surface area contributed by atoms with Gasteiger partial charge in [0, 0.05) is 24.0 Å². The Morgan fingerprint density at radius 3 is 2.18 bits per heavy atom. The summed E-state index contributed by atoms with van der Waals surface area (Å²) in [5.41, 5.74) is 1.30. The molecule has 2 aliphatic heterocycles. The van der Waals surface area contributed by atoms with E-state index in [0.29, 0.717) is 16.7 Å². The van der Waals surface area contributed by atoms with E-state index in [1.165, 1.54) is 12.3 Å². The predicted molar refractivity (Wildman–Crippen MR) is 157 cm³/mol.